The molecule has 0 unspecified atom stereocenters. The zero-order chi connectivity index (χ0) is 21.3. The Morgan fingerprint density at radius 2 is 2.13 bits per heavy atom. The van der Waals surface area contributed by atoms with E-state index in [0.717, 1.165) is 48.9 Å². The average Bonchev–Trinajstić information content (AvgIpc) is 3.34. The van der Waals surface area contributed by atoms with Crippen molar-refractivity contribution < 1.29 is 4.39 Å². The predicted octanol–water partition coefficient (Wildman–Crippen LogP) is 3.68. The standard InChI is InChI=1S/C21H28FN7S/c1-13(2)7-16-8-17(22)20(21-24-26-27-25-21)18(9-16)29-6-5-28(14(3)11-29)12-19-23-10-15(4)30-19/h8-10,13-14H,5-7,11-12H2,1-4H3,(H,24,25,26,27)/t14-/m0/s1. The molecule has 1 N–H and O–H groups in total. The lowest BCUT2D eigenvalue weighted by Gasteiger charge is -2.41. The van der Waals surface area contributed by atoms with Gasteiger partial charge in [0.15, 0.2) is 0 Å². The van der Waals surface area contributed by atoms with Crippen LogP contribution in [0.3, 0.4) is 0 Å². The summed E-state index contributed by atoms with van der Waals surface area (Å²) in [6.45, 7) is 12.0. The maximum Gasteiger partial charge on any atom is 0.209 e. The van der Waals surface area contributed by atoms with Gasteiger partial charge in [0.25, 0.3) is 0 Å². The van der Waals surface area contributed by atoms with Crippen molar-refractivity contribution in [2.45, 2.75) is 46.7 Å². The number of aromatic nitrogens is 5. The van der Waals surface area contributed by atoms with Gasteiger partial charge in [-0.25, -0.2) is 9.37 Å². The number of piperazine rings is 1. The van der Waals surface area contributed by atoms with Gasteiger partial charge in [0.1, 0.15) is 10.8 Å². The smallest absolute Gasteiger partial charge is 0.209 e. The number of hydrogen-bond donors (Lipinski definition) is 1. The fourth-order valence-electron chi connectivity index (χ4n) is 4.07. The van der Waals surface area contributed by atoms with Crippen LogP contribution in [-0.4, -0.2) is 56.2 Å². The summed E-state index contributed by atoms with van der Waals surface area (Å²) in [6, 6.07) is 4.03. The molecule has 0 aliphatic carbocycles. The molecule has 1 saturated heterocycles. The molecule has 7 nitrogen and oxygen atoms in total. The van der Waals surface area contributed by atoms with E-state index >= 15 is 4.39 Å². The van der Waals surface area contributed by atoms with Gasteiger partial charge >= 0.3 is 0 Å². The number of nitrogens with one attached hydrogen (secondary N) is 1. The highest BCUT2D eigenvalue weighted by Gasteiger charge is 2.28. The molecule has 2 aromatic heterocycles. The normalized spacial score (nSPS) is 17.8. The molecule has 1 fully saturated rings. The zero-order valence-electron chi connectivity index (χ0n) is 17.9. The summed E-state index contributed by atoms with van der Waals surface area (Å²) in [5, 5.41) is 15.3. The van der Waals surface area contributed by atoms with E-state index in [1.165, 1.54) is 4.88 Å². The number of rotatable bonds is 6. The minimum atomic E-state index is -0.294. The molecule has 1 atom stereocenters. The average molecular weight is 430 g/mol. The van der Waals surface area contributed by atoms with Crippen LogP contribution in [0.2, 0.25) is 0 Å². The third-order valence-corrected chi connectivity index (χ3v) is 6.35. The van der Waals surface area contributed by atoms with Crippen LogP contribution in [-0.2, 0) is 13.0 Å². The number of thiazole rings is 1. The predicted molar refractivity (Wildman–Crippen MR) is 117 cm³/mol. The number of aromatic amines is 1. The number of H-pyrrole nitrogens is 1. The maximum atomic E-state index is 15.2. The highest BCUT2D eigenvalue weighted by Crippen LogP contribution is 2.34. The Hall–Kier alpha value is -2.39. The summed E-state index contributed by atoms with van der Waals surface area (Å²) in [7, 11) is 0. The van der Waals surface area contributed by atoms with Gasteiger partial charge in [-0.1, -0.05) is 13.8 Å². The first kappa shape index (κ1) is 20.9. The highest BCUT2D eigenvalue weighted by molar-refractivity contribution is 7.11. The van der Waals surface area contributed by atoms with Crippen molar-refractivity contribution in [1.82, 2.24) is 30.5 Å². The molecule has 1 aromatic carbocycles. The van der Waals surface area contributed by atoms with Gasteiger partial charge in [0, 0.05) is 36.8 Å². The molecular formula is C21H28FN7S. The number of hydrogen-bond acceptors (Lipinski definition) is 7. The molecule has 30 heavy (non-hydrogen) atoms. The number of benzene rings is 1. The van der Waals surface area contributed by atoms with Crippen LogP contribution in [0, 0.1) is 18.7 Å². The Balaban J connectivity index is 1.60. The van der Waals surface area contributed by atoms with Gasteiger partial charge < -0.3 is 4.90 Å². The third kappa shape index (κ3) is 4.52. The van der Waals surface area contributed by atoms with Gasteiger partial charge in [0.05, 0.1) is 17.8 Å². The van der Waals surface area contributed by atoms with E-state index in [2.05, 4.69) is 69.2 Å². The Kier molecular flexibility index (Phi) is 6.10. The molecule has 0 radical (unpaired) electrons. The maximum absolute atomic E-state index is 15.2. The molecule has 9 heteroatoms. The number of anilines is 1. The molecule has 4 rings (SSSR count). The Morgan fingerprint density at radius 1 is 1.30 bits per heavy atom. The summed E-state index contributed by atoms with van der Waals surface area (Å²) in [6.07, 6.45) is 2.76. The number of halogens is 1. The quantitative estimate of drug-likeness (QED) is 0.644. The van der Waals surface area contributed by atoms with Crippen molar-refractivity contribution in [2.75, 3.05) is 24.5 Å². The van der Waals surface area contributed by atoms with Gasteiger partial charge in [-0.05, 0) is 49.1 Å². The van der Waals surface area contributed by atoms with E-state index in [9.17, 15) is 0 Å². The molecule has 0 bridgehead atoms. The van der Waals surface area contributed by atoms with E-state index in [-0.39, 0.29) is 5.82 Å². The fourth-order valence-corrected chi connectivity index (χ4v) is 4.88. The number of nitrogens with zero attached hydrogens (tertiary/aromatic N) is 6. The minimum Gasteiger partial charge on any atom is -0.368 e. The van der Waals surface area contributed by atoms with Gasteiger partial charge in [0.2, 0.25) is 5.82 Å². The Morgan fingerprint density at radius 3 is 2.77 bits per heavy atom. The van der Waals surface area contributed by atoms with Crippen LogP contribution in [0.5, 0.6) is 0 Å². The van der Waals surface area contributed by atoms with E-state index in [1.807, 2.05) is 6.20 Å². The lowest BCUT2D eigenvalue weighted by Crippen LogP contribution is -2.51. The largest absolute Gasteiger partial charge is 0.368 e. The van der Waals surface area contributed by atoms with Crippen molar-refractivity contribution >= 4 is 17.0 Å². The summed E-state index contributed by atoms with van der Waals surface area (Å²) < 4.78 is 15.2. The van der Waals surface area contributed by atoms with Crippen LogP contribution < -0.4 is 4.90 Å². The third-order valence-electron chi connectivity index (χ3n) is 5.46. The van der Waals surface area contributed by atoms with Gasteiger partial charge in [-0.15, -0.1) is 21.5 Å². The van der Waals surface area contributed by atoms with Crippen LogP contribution in [0.15, 0.2) is 18.3 Å². The lowest BCUT2D eigenvalue weighted by atomic mass is 9.98. The van der Waals surface area contributed by atoms with E-state index in [0.29, 0.717) is 23.3 Å². The second-order valence-electron chi connectivity index (χ2n) is 8.44. The Bertz CT molecular complexity index is 985. The molecular weight excluding hydrogens is 401 g/mol. The topological polar surface area (TPSA) is 73.8 Å². The molecule has 0 saturated carbocycles. The van der Waals surface area contributed by atoms with Crippen LogP contribution in [0.25, 0.3) is 11.4 Å². The Labute approximate surface area is 180 Å². The molecule has 160 valence electrons. The van der Waals surface area contributed by atoms with Crippen molar-refractivity contribution in [3.8, 4) is 11.4 Å². The molecule has 1 aliphatic heterocycles. The van der Waals surface area contributed by atoms with Crippen LogP contribution in [0.4, 0.5) is 10.1 Å². The van der Waals surface area contributed by atoms with Crippen molar-refractivity contribution in [3.05, 3.63) is 39.6 Å². The summed E-state index contributed by atoms with van der Waals surface area (Å²) >= 11 is 1.75. The van der Waals surface area contributed by atoms with E-state index < -0.39 is 0 Å². The summed E-state index contributed by atoms with van der Waals surface area (Å²) in [4.78, 5) is 10.4. The molecule has 0 spiro atoms. The van der Waals surface area contributed by atoms with Gasteiger partial charge in [-0.2, -0.15) is 5.21 Å². The summed E-state index contributed by atoms with van der Waals surface area (Å²) in [5.41, 5.74) is 2.27. The number of aryl methyl sites for hydroxylation is 1. The van der Waals surface area contributed by atoms with E-state index in [4.69, 9.17) is 0 Å². The zero-order valence-corrected chi connectivity index (χ0v) is 18.7. The molecule has 3 aromatic rings. The van der Waals surface area contributed by atoms with Crippen molar-refractivity contribution in [3.63, 3.8) is 0 Å². The molecule has 0 amide bonds. The van der Waals surface area contributed by atoms with Crippen LogP contribution >= 0.6 is 11.3 Å². The minimum absolute atomic E-state index is 0.294. The SMILES string of the molecule is Cc1cnc(CN2CCN(c3cc(CC(C)C)cc(F)c3-c3nn[nH]n3)C[C@@H]2C)s1. The second-order valence-corrected chi connectivity index (χ2v) is 9.75. The highest BCUT2D eigenvalue weighted by atomic mass is 32.1. The first-order chi connectivity index (χ1) is 14.4. The molecule has 3 heterocycles. The second kappa shape index (κ2) is 8.77. The first-order valence-corrected chi connectivity index (χ1v) is 11.2. The lowest BCUT2D eigenvalue weighted by molar-refractivity contribution is 0.181. The van der Waals surface area contributed by atoms with Crippen molar-refractivity contribution in [2.24, 2.45) is 5.92 Å². The number of tetrazole rings is 1. The first-order valence-electron chi connectivity index (χ1n) is 10.4. The van der Waals surface area contributed by atoms with Gasteiger partial charge in [-0.3, -0.25) is 4.90 Å². The molecule has 1 aliphatic rings. The van der Waals surface area contributed by atoms with E-state index in [1.54, 1.807) is 17.4 Å². The fraction of sp³-hybridized carbons (Fsp3) is 0.524. The summed E-state index contributed by atoms with van der Waals surface area (Å²) in [5.74, 6) is 0.454. The van der Waals surface area contributed by atoms with Crippen molar-refractivity contribution in [1.29, 1.82) is 0 Å². The monoisotopic (exact) mass is 429 g/mol. The van der Waals surface area contributed by atoms with Crippen LogP contribution in [0.1, 0.15) is 36.2 Å².